The first-order valence-electron chi connectivity index (χ1n) is 6.31. The van der Waals surface area contributed by atoms with Gasteiger partial charge in [0.1, 0.15) is 5.82 Å². The molecule has 0 amide bonds. The second kappa shape index (κ2) is 5.83. The van der Waals surface area contributed by atoms with Gasteiger partial charge in [0.05, 0.1) is 5.02 Å². The van der Waals surface area contributed by atoms with Gasteiger partial charge in [0.25, 0.3) is 0 Å². The lowest BCUT2D eigenvalue weighted by atomic mass is 9.98. The summed E-state index contributed by atoms with van der Waals surface area (Å²) in [7, 11) is 0. The first kappa shape index (κ1) is 12.8. The number of halogens is 2. The second-order valence-corrected chi connectivity index (χ2v) is 5.45. The smallest absolute Gasteiger partial charge is 0.142 e. The predicted molar refractivity (Wildman–Crippen MR) is 69.6 cm³/mol. The van der Waals surface area contributed by atoms with Crippen LogP contribution < -0.4 is 5.32 Å². The molecule has 0 aliphatic heterocycles. The van der Waals surface area contributed by atoms with Crippen LogP contribution in [0.1, 0.15) is 31.7 Å². The summed E-state index contributed by atoms with van der Waals surface area (Å²) in [6.45, 7) is 4.07. The van der Waals surface area contributed by atoms with Crippen molar-refractivity contribution in [3.63, 3.8) is 0 Å². The average Bonchev–Trinajstić information content (AvgIpc) is 2.70. The second-order valence-electron chi connectivity index (χ2n) is 5.05. The fourth-order valence-corrected chi connectivity index (χ4v) is 2.69. The molecular weight excluding hydrogens is 237 g/mol. The highest BCUT2D eigenvalue weighted by Gasteiger charge is 2.22. The molecule has 0 radical (unpaired) electrons. The van der Waals surface area contributed by atoms with E-state index in [1.54, 1.807) is 6.07 Å². The van der Waals surface area contributed by atoms with E-state index < -0.39 is 0 Å². The molecule has 1 fully saturated rings. The van der Waals surface area contributed by atoms with Crippen molar-refractivity contribution >= 4 is 11.6 Å². The van der Waals surface area contributed by atoms with Gasteiger partial charge in [-0.25, -0.2) is 4.39 Å². The van der Waals surface area contributed by atoms with Crippen LogP contribution in [0.2, 0.25) is 5.02 Å². The molecule has 0 spiro atoms. The van der Waals surface area contributed by atoms with Crippen molar-refractivity contribution in [1.82, 2.24) is 5.32 Å². The van der Waals surface area contributed by atoms with Crippen LogP contribution in [-0.4, -0.2) is 6.54 Å². The van der Waals surface area contributed by atoms with Gasteiger partial charge in [-0.05, 0) is 42.5 Å². The number of hydrogen-bond acceptors (Lipinski definition) is 1. The summed E-state index contributed by atoms with van der Waals surface area (Å²) in [5, 5.41) is 3.60. The highest BCUT2D eigenvalue weighted by atomic mass is 35.5. The highest BCUT2D eigenvalue weighted by molar-refractivity contribution is 6.30. The van der Waals surface area contributed by atoms with E-state index in [9.17, 15) is 4.39 Å². The van der Waals surface area contributed by atoms with Crippen LogP contribution in [0.15, 0.2) is 18.2 Å². The molecule has 17 heavy (non-hydrogen) atoms. The molecule has 1 nitrogen and oxygen atoms in total. The van der Waals surface area contributed by atoms with E-state index in [1.165, 1.54) is 25.3 Å². The summed E-state index contributed by atoms with van der Waals surface area (Å²) in [5.74, 6) is 1.27. The number of benzene rings is 1. The first-order chi connectivity index (χ1) is 8.16. The minimum absolute atomic E-state index is 0.193. The quantitative estimate of drug-likeness (QED) is 0.857. The SMILES string of the molecule is CC1CCCC1CNCc1ccc(Cl)c(F)c1. The molecule has 1 aromatic carbocycles. The van der Waals surface area contributed by atoms with Gasteiger partial charge in [-0.2, -0.15) is 0 Å². The Morgan fingerprint density at radius 2 is 2.24 bits per heavy atom. The molecular formula is C14H19ClFN. The minimum atomic E-state index is -0.333. The Labute approximate surface area is 107 Å². The van der Waals surface area contributed by atoms with Crippen LogP contribution >= 0.6 is 11.6 Å². The van der Waals surface area contributed by atoms with Gasteiger partial charge in [0, 0.05) is 6.54 Å². The van der Waals surface area contributed by atoms with E-state index in [4.69, 9.17) is 11.6 Å². The van der Waals surface area contributed by atoms with E-state index in [2.05, 4.69) is 12.2 Å². The summed E-state index contributed by atoms with van der Waals surface area (Å²) >= 11 is 5.64. The average molecular weight is 256 g/mol. The van der Waals surface area contributed by atoms with Crippen molar-refractivity contribution in [2.75, 3.05) is 6.54 Å². The van der Waals surface area contributed by atoms with Gasteiger partial charge in [0.2, 0.25) is 0 Å². The molecule has 3 heteroatoms. The largest absolute Gasteiger partial charge is 0.312 e. The van der Waals surface area contributed by atoms with Crippen LogP contribution in [0.25, 0.3) is 0 Å². The molecule has 0 heterocycles. The summed E-state index contributed by atoms with van der Waals surface area (Å²) in [6, 6.07) is 5.00. The standard InChI is InChI=1S/C14H19ClFN/c1-10-3-2-4-12(10)9-17-8-11-5-6-13(15)14(16)7-11/h5-7,10,12,17H,2-4,8-9H2,1H3. The maximum Gasteiger partial charge on any atom is 0.142 e. The number of nitrogens with one attached hydrogen (secondary N) is 1. The van der Waals surface area contributed by atoms with E-state index in [-0.39, 0.29) is 10.8 Å². The van der Waals surface area contributed by atoms with Gasteiger partial charge in [0.15, 0.2) is 0 Å². The van der Waals surface area contributed by atoms with Crippen molar-refractivity contribution < 1.29 is 4.39 Å². The fourth-order valence-electron chi connectivity index (χ4n) is 2.58. The molecule has 1 aromatic rings. The van der Waals surface area contributed by atoms with E-state index in [1.807, 2.05) is 6.07 Å². The molecule has 2 atom stereocenters. The molecule has 0 saturated heterocycles. The Morgan fingerprint density at radius 1 is 1.41 bits per heavy atom. The molecule has 1 aliphatic carbocycles. The highest BCUT2D eigenvalue weighted by Crippen LogP contribution is 2.30. The van der Waals surface area contributed by atoms with Crippen molar-refractivity contribution in [2.45, 2.75) is 32.7 Å². The third kappa shape index (κ3) is 3.43. The Balaban J connectivity index is 1.79. The topological polar surface area (TPSA) is 12.0 Å². The van der Waals surface area contributed by atoms with Crippen LogP contribution in [-0.2, 0) is 6.54 Å². The summed E-state index contributed by atoms with van der Waals surface area (Å²) in [6.07, 6.45) is 4.02. The molecule has 0 aromatic heterocycles. The third-order valence-corrected chi connectivity index (χ3v) is 4.07. The Morgan fingerprint density at radius 3 is 2.88 bits per heavy atom. The lowest BCUT2D eigenvalue weighted by molar-refractivity contribution is 0.392. The lowest BCUT2D eigenvalue weighted by Crippen LogP contribution is -2.23. The Kier molecular flexibility index (Phi) is 4.41. The monoisotopic (exact) mass is 255 g/mol. The van der Waals surface area contributed by atoms with Crippen molar-refractivity contribution in [2.24, 2.45) is 11.8 Å². The predicted octanol–water partition coefficient (Wildman–Crippen LogP) is 4.00. The van der Waals surface area contributed by atoms with Gasteiger partial charge in [-0.15, -0.1) is 0 Å². The van der Waals surface area contributed by atoms with Gasteiger partial charge in [-0.1, -0.05) is 37.4 Å². The normalized spacial score (nSPS) is 24.2. The molecule has 2 rings (SSSR count). The maximum absolute atomic E-state index is 13.2. The Hall–Kier alpha value is -0.600. The van der Waals surface area contributed by atoms with Gasteiger partial charge in [-0.3, -0.25) is 0 Å². The number of rotatable bonds is 4. The summed E-state index contributed by atoms with van der Waals surface area (Å²) in [4.78, 5) is 0. The number of hydrogen-bond donors (Lipinski definition) is 1. The lowest BCUT2D eigenvalue weighted by Gasteiger charge is -2.16. The third-order valence-electron chi connectivity index (χ3n) is 3.76. The molecule has 94 valence electrons. The van der Waals surface area contributed by atoms with E-state index >= 15 is 0 Å². The minimum Gasteiger partial charge on any atom is -0.312 e. The zero-order chi connectivity index (χ0) is 12.3. The zero-order valence-electron chi connectivity index (χ0n) is 10.2. The van der Waals surface area contributed by atoms with Crippen LogP contribution in [0.3, 0.4) is 0 Å². The maximum atomic E-state index is 13.2. The van der Waals surface area contributed by atoms with Crippen molar-refractivity contribution in [1.29, 1.82) is 0 Å². The molecule has 1 aliphatic rings. The molecule has 1 N–H and O–H groups in total. The molecule has 0 bridgehead atoms. The summed E-state index contributed by atoms with van der Waals surface area (Å²) in [5.41, 5.74) is 0.956. The van der Waals surface area contributed by atoms with E-state index in [0.717, 1.165) is 30.5 Å². The Bertz CT molecular complexity index is 380. The fraction of sp³-hybridized carbons (Fsp3) is 0.571. The van der Waals surface area contributed by atoms with E-state index in [0.29, 0.717) is 0 Å². The van der Waals surface area contributed by atoms with Gasteiger partial charge >= 0.3 is 0 Å². The summed E-state index contributed by atoms with van der Waals surface area (Å²) < 4.78 is 13.2. The van der Waals surface area contributed by atoms with Crippen molar-refractivity contribution in [3.05, 3.63) is 34.6 Å². The van der Waals surface area contributed by atoms with Crippen molar-refractivity contribution in [3.8, 4) is 0 Å². The van der Waals surface area contributed by atoms with Gasteiger partial charge < -0.3 is 5.32 Å². The first-order valence-corrected chi connectivity index (χ1v) is 6.69. The molecule has 1 saturated carbocycles. The molecule has 2 unspecified atom stereocenters. The zero-order valence-corrected chi connectivity index (χ0v) is 10.9. The van der Waals surface area contributed by atoms with Crippen LogP contribution in [0, 0.1) is 17.7 Å². The van der Waals surface area contributed by atoms with Crippen LogP contribution in [0.5, 0.6) is 0 Å². The van der Waals surface area contributed by atoms with Crippen LogP contribution in [0.4, 0.5) is 4.39 Å².